The van der Waals surface area contributed by atoms with E-state index in [0.29, 0.717) is 0 Å². The third kappa shape index (κ3) is 2.94. The van der Waals surface area contributed by atoms with E-state index in [-0.39, 0.29) is 12.6 Å². The summed E-state index contributed by atoms with van der Waals surface area (Å²) in [5.41, 5.74) is 8.37. The maximum absolute atomic E-state index is 10.5. The van der Waals surface area contributed by atoms with Gasteiger partial charge in [0.15, 0.2) is 0 Å². The summed E-state index contributed by atoms with van der Waals surface area (Å²) < 4.78 is 5.79. The lowest BCUT2D eigenvalue weighted by atomic mass is 9.97. The van der Waals surface area contributed by atoms with Crippen molar-refractivity contribution in [1.82, 2.24) is 0 Å². The molecule has 3 nitrogen and oxygen atoms in total. The van der Waals surface area contributed by atoms with Gasteiger partial charge in [0.2, 0.25) is 0 Å². The van der Waals surface area contributed by atoms with Crippen LogP contribution in [0.2, 0.25) is 0 Å². The third-order valence-corrected chi connectivity index (χ3v) is 4.15. The number of nitrogens with two attached hydrogens (primary N) is 1. The summed E-state index contributed by atoms with van der Waals surface area (Å²) in [6, 6.07) is 15.8. The van der Waals surface area contributed by atoms with Crippen LogP contribution in [0.15, 0.2) is 48.5 Å². The van der Waals surface area contributed by atoms with Gasteiger partial charge in [0.05, 0.1) is 0 Å². The zero-order chi connectivity index (χ0) is 14.9. The second kappa shape index (κ2) is 5.51. The third-order valence-electron chi connectivity index (χ3n) is 4.15. The lowest BCUT2D eigenvalue weighted by Crippen LogP contribution is -2.29. The maximum atomic E-state index is 10.5. The van der Waals surface area contributed by atoms with Gasteiger partial charge in [0.1, 0.15) is 18.0 Å². The highest BCUT2D eigenvalue weighted by atomic mass is 16.5. The molecule has 0 radical (unpaired) electrons. The number of fused-ring (bicyclic) bond motifs is 1. The standard InChI is InChI=1S/C18H21NO2/c1-18(20,14-5-3-2-4-6-14)12-21-15-8-9-16-13(11-15)7-10-17(16)19/h2-6,8-9,11,17,20H,7,10,12,19H2,1H3/t17-,18?/m0/s1. The van der Waals surface area contributed by atoms with E-state index in [1.54, 1.807) is 6.92 Å². The van der Waals surface area contributed by atoms with E-state index in [9.17, 15) is 5.11 Å². The Labute approximate surface area is 125 Å². The van der Waals surface area contributed by atoms with E-state index in [2.05, 4.69) is 0 Å². The van der Waals surface area contributed by atoms with Crippen molar-refractivity contribution in [2.75, 3.05) is 6.61 Å². The maximum Gasteiger partial charge on any atom is 0.121 e. The highest BCUT2D eigenvalue weighted by molar-refractivity contribution is 5.40. The zero-order valence-electron chi connectivity index (χ0n) is 12.3. The van der Waals surface area contributed by atoms with Gasteiger partial charge in [-0.15, -0.1) is 0 Å². The first-order chi connectivity index (χ1) is 10.1. The average Bonchev–Trinajstić information content (AvgIpc) is 2.87. The summed E-state index contributed by atoms with van der Waals surface area (Å²) in [4.78, 5) is 0. The molecule has 0 saturated carbocycles. The van der Waals surface area contributed by atoms with Crippen molar-refractivity contribution in [3.63, 3.8) is 0 Å². The van der Waals surface area contributed by atoms with Crippen LogP contribution in [0.3, 0.4) is 0 Å². The molecule has 0 saturated heterocycles. The summed E-state index contributed by atoms with van der Waals surface area (Å²) >= 11 is 0. The molecule has 3 heteroatoms. The fourth-order valence-electron chi connectivity index (χ4n) is 2.82. The molecular weight excluding hydrogens is 262 g/mol. The highest BCUT2D eigenvalue weighted by Gasteiger charge is 2.24. The quantitative estimate of drug-likeness (QED) is 0.907. The van der Waals surface area contributed by atoms with E-state index in [1.807, 2.05) is 48.5 Å². The summed E-state index contributed by atoms with van der Waals surface area (Å²) in [7, 11) is 0. The van der Waals surface area contributed by atoms with Gasteiger partial charge < -0.3 is 15.6 Å². The Bertz CT molecular complexity index is 622. The van der Waals surface area contributed by atoms with E-state index >= 15 is 0 Å². The number of hydrogen-bond donors (Lipinski definition) is 2. The highest BCUT2D eigenvalue weighted by Crippen LogP contribution is 2.32. The van der Waals surface area contributed by atoms with Crippen LogP contribution in [0.4, 0.5) is 0 Å². The molecule has 0 amide bonds. The van der Waals surface area contributed by atoms with Crippen LogP contribution in [0.1, 0.15) is 36.1 Å². The molecule has 21 heavy (non-hydrogen) atoms. The fraction of sp³-hybridized carbons (Fsp3) is 0.333. The first-order valence-electron chi connectivity index (χ1n) is 7.35. The molecule has 0 aromatic heterocycles. The molecule has 1 aliphatic rings. The van der Waals surface area contributed by atoms with Gasteiger partial charge in [0.25, 0.3) is 0 Å². The van der Waals surface area contributed by atoms with E-state index in [0.717, 1.165) is 24.2 Å². The number of ether oxygens (including phenoxy) is 1. The molecule has 3 N–H and O–H groups in total. The molecule has 2 atom stereocenters. The fourth-order valence-corrected chi connectivity index (χ4v) is 2.82. The summed E-state index contributed by atoms with van der Waals surface area (Å²) in [6.45, 7) is 1.99. The van der Waals surface area contributed by atoms with Crippen molar-refractivity contribution in [2.24, 2.45) is 5.73 Å². The molecule has 1 unspecified atom stereocenters. The second-order valence-electron chi connectivity index (χ2n) is 5.93. The molecular formula is C18H21NO2. The Morgan fingerprint density at radius 3 is 2.76 bits per heavy atom. The van der Waals surface area contributed by atoms with Crippen LogP contribution in [-0.2, 0) is 12.0 Å². The van der Waals surface area contributed by atoms with Gasteiger partial charge in [-0.1, -0.05) is 36.4 Å². The number of hydrogen-bond acceptors (Lipinski definition) is 3. The van der Waals surface area contributed by atoms with Gasteiger partial charge in [0, 0.05) is 6.04 Å². The molecule has 0 heterocycles. The van der Waals surface area contributed by atoms with Crippen LogP contribution in [0.25, 0.3) is 0 Å². The molecule has 2 aromatic rings. The first-order valence-corrected chi connectivity index (χ1v) is 7.35. The van der Waals surface area contributed by atoms with E-state index in [1.165, 1.54) is 11.1 Å². The van der Waals surface area contributed by atoms with Crippen molar-refractivity contribution in [3.05, 3.63) is 65.2 Å². The lowest BCUT2D eigenvalue weighted by Gasteiger charge is -2.24. The van der Waals surface area contributed by atoms with Gasteiger partial charge in [-0.05, 0) is 48.6 Å². The Hall–Kier alpha value is -1.84. The van der Waals surface area contributed by atoms with Crippen molar-refractivity contribution < 1.29 is 9.84 Å². The van der Waals surface area contributed by atoms with Gasteiger partial charge >= 0.3 is 0 Å². The SMILES string of the molecule is CC(O)(COc1ccc2c(c1)CC[C@@H]2N)c1ccccc1. The Morgan fingerprint density at radius 2 is 2.00 bits per heavy atom. The molecule has 0 aliphatic heterocycles. The molecule has 0 fully saturated rings. The topological polar surface area (TPSA) is 55.5 Å². The summed E-state index contributed by atoms with van der Waals surface area (Å²) in [6.07, 6.45) is 2.00. The molecule has 110 valence electrons. The molecule has 2 aromatic carbocycles. The molecule has 0 spiro atoms. The molecule has 1 aliphatic carbocycles. The number of aliphatic hydroxyl groups is 1. The van der Waals surface area contributed by atoms with Crippen molar-refractivity contribution in [3.8, 4) is 5.75 Å². The van der Waals surface area contributed by atoms with Crippen molar-refractivity contribution in [2.45, 2.75) is 31.4 Å². The predicted molar refractivity (Wildman–Crippen MR) is 83.2 cm³/mol. The van der Waals surface area contributed by atoms with E-state index < -0.39 is 5.60 Å². The number of rotatable bonds is 4. The monoisotopic (exact) mass is 283 g/mol. The molecule has 3 rings (SSSR count). The smallest absolute Gasteiger partial charge is 0.121 e. The van der Waals surface area contributed by atoms with Gasteiger partial charge in [-0.25, -0.2) is 0 Å². The normalized spacial score (nSPS) is 19.9. The average molecular weight is 283 g/mol. The minimum absolute atomic E-state index is 0.154. The van der Waals surface area contributed by atoms with Gasteiger partial charge in [-0.2, -0.15) is 0 Å². The Kier molecular flexibility index (Phi) is 3.70. The van der Waals surface area contributed by atoms with Crippen LogP contribution in [0.5, 0.6) is 5.75 Å². The summed E-state index contributed by atoms with van der Waals surface area (Å²) in [5, 5.41) is 10.5. The van der Waals surface area contributed by atoms with Crippen LogP contribution >= 0.6 is 0 Å². The minimum atomic E-state index is -1.00. The second-order valence-corrected chi connectivity index (χ2v) is 5.93. The Morgan fingerprint density at radius 1 is 1.24 bits per heavy atom. The number of benzene rings is 2. The predicted octanol–water partition coefficient (Wildman–Crippen LogP) is 2.92. The lowest BCUT2D eigenvalue weighted by molar-refractivity contribution is 0.00757. The van der Waals surface area contributed by atoms with Crippen LogP contribution in [-0.4, -0.2) is 11.7 Å². The van der Waals surface area contributed by atoms with Gasteiger partial charge in [-0.3, -0.25) is 0 Å². The largest absolute Gasteiger partial charge is 0.490 e. The zero-order valence-corrected chi connectivity index (χ0v) is 12.3. The number of aryl methyl sites for hydroxylation is 1. The first kappa shape index (κ1) is 14.1. The minimum Gasteiger partial charge on any atom is -0.490 e. The van der Waals surface area contributed by atoms with Crippen molar-refractivity contribution >= 4 is 0 Å². The van der Waals surface area contributed by atoms with Crippen molar-refractivity contribution in [1.29, 1.82) is 0 Å². The molecule has 0 bridgehead atoms. The van der Waals surface area contributed by atoms with Crippen LogP contribution < -0.4 is 10.5 Å². The van der Waals surface area contributed by atoms with Crippen LogP contribution in [0, 0.1) is 0 Å². The Balaban J connectivity index is 1.71. The summed E-state index contributed by atoms with van der Waals surface area (Å²) in [5.74, 6) is 0.791. The van der Waals surface area contributed by atoms with E-state index in [4.69, 9.17) is 10.5 Å².